The minimum Gasteiger partial charge on any atom is -0.477 e. The summed E-state index contributed by atoms with van der Waals surface area (Å²) in [5.74, 6) is 0.771. The topological polar surface area (TPSA) is 72.3 Å². The highest BCUT2D eigenvalue weighted by Gasteiger charge is 2.21. The van der Waals surface area contributed by atoms with Gasteiger partial charge in [0.2, 0.25) is 5.88 Å². The molecule has 0 aromatic carbocycles. The van der Waals surface area contributed by atoms with E-state index >= 15 is 0 Å². The zero-order valence-corrected chi connectivity index (χ0v) is 16.4. The second-order valence-electron chi connectivity index (χ2n) is 6.71. The molecule has 3 rings (SSSR count). The summed E-state index contributed by atoms with van der Waals surface area (Å²) in [7, 11) is 0. The van der Waals surface area contributed by atoms with Crippen LogP contribution in [0.15, 0.2) is 30.7 Å². The zero-order chi connectivity index (χ0) is 19.1. The molecule has 0 unspecified atom stereocenters. The Morgan fingerprint density at radius 3 is 2.89 bits per heavy atom. The van der Waals surface area contributed by atoms with Crippen LogP contribution in [0, 0.1) is 5.92 Å². The third kappa shape index (κ3) is 5.68. The number of likely N-dealkylation sites (tertiary alicyclic amines) is 1. The van der Waals surface area contributed by atoms with Gasteiger partial charge < -0.3 is 15.0 Å². The Labute approximate surface area is 164 Å². The third-order valence-electron chi connectivity index (χ3n) is 4.80. The van der Waals surface area contributed by atoms with E-state index in [1.54, 1.807) is 24.5 Å². The first-order chi connectivity index (χ1) is 13.2. The SMILES string of the molecule is CCOc1ncccc1C(=O)NCC1CCN(CCn2cc(Cl)cn2)CC1. The molecule has 2 aromatic heterocycles. The lowest BCUT2D eigenvalue weighted by Crippen LogP contribution is -2.40. The van der Waals surface area contributed by atoms with Gasteiger partial charge in [0, 0.05) is 25.5 Å². The summed E-state index contributed by atoms with van der Waals surface area (Å²) in [5, 5.41) is 7.92. The van der Waals surface area contributed by atoms with Crippen molar-refractivity contribution in [3.8, 4) is 5.88 Å². The second-order valence-corrected chi connectivity index (χ2v) is 7.14. The highest BCUT2D eigenvalue weighted by atomic mass is 35.5. The Bertz CT molecular complexity index is 743. The van der Waals surface area contributed by atoms with Crippen molar-refractivity contribution in [2.24, 2.45) is 5.92 Å². The van der Waals surface area contributed by atoms with Crippen molar-refractivity contribution in [3.05, 3.63) is 41.3 Å². The molecule has 1 aliphatic heterocycles. The van der Waals surface area contributed by atoms with Crippen LogP contribution in [0.2, 0.25) is 5.02 Å². The second kappa shape index (κ2) is 9.71. The van der Waals surface area contributed by atoms with Gasteiger partial charge in [0.1, 0.15) is 5.56 Å². The molecule has 0 saturated carbocycles. The maximum Gasteiger partial charge on any atom is 0.256 e. The number of halogens is 1. The van der Waals surface area contributed by atoms with E-state index in [0.29, 0.717) is 35.5 Å². The van der Waals surface area contributed by atoms with E-state index in [2.05, 4.69) is 20.3 Å². The molecule has 27 heavy (non-hydrogen) atoms. The van der Waals surface area contributed by atoms with E-state index in [4.69, 9.17) is 16.3 Å². The van der Waals surface area contributed by atoms with Crippen molar-refractivity contribution < 1.29 is 9.53 Å². The van der Waals surface area contributed by atoms with E-state index in [1.165, 1.54) is 0 Å². The maximum absolute atomic E-state index is 12.4. The van der Waals surface area contributed by atoms with Crippen molar-refractivity contribution in [2.75, 3.05) is 32.8 Å². The number of ether oxygens (including phenoxy) is 1. The fourth-order valence-electron chi connectivity index (χ4n) is 3.27. The fraction of sp³-hybridized carbons (Fsp3) is 0.526. The third-order valence-corrected chi connectivity index (χ3v) is 5.00. The van der Waals surface area contributed by atoms with E-state index in [1.807, 2.05) is 17.8 Å². The van der Waals surface area contributed by atoms with Crippen molar-refractivity contribution in [1.82, 2.24) is 25.0 Å². The van der Waals surface area contributed by atoms with Gasteiger partial charge >= 0.3 is 0 Å². The number of piperidine rings is 1. The molecule has 1 amide bonds. The Morgan fingerprint density at radius 1 is 1.37 bits per heavy atom. The van der Waals surface area contributed by atoms with Crippen LogP contribution in [0.4, 0.5) is 0 Å². The van der Waals surface area contributed by atoms with Gasteiger partial charge in [-0.2, -0.15) is 5.10 Å². The summed E-state index contributed by atoms with van der Waals surface area (Å²) in [6, 6.07) is 3.50. The Morgan fingerprint density at radius 2 is 2.19 bits per heavy atom. The number of nitrogens with one attached hydrogen (secondary N) is 1. The van der Waals surface area contributed by atoms with Gasteiger partial charge in [0.25, 0.3) is 5.91 Å². The quantitative estimate of drug-likeness (QED) is 0.748. The molecule has 7 nitrogen and oxygen atoms in total. The number of amides is 1. The molecule has 0 radical (unpaired) electrons. The minimum atomic E-state index is -0.121. The lowest BCUT2D eigenvalue weighted by molar-refractivity contribution is 0.0931. The summed E-state index contributed by atoms with van der Waals surface area (Å²) in [6.45, 7) is 6.92. The van der Waals surface area contributed by atoms with Crippen LogP contribution < -0.4 is 10.1 Å². The van der Waals surface area contributed by atoms with Crippen molar-refractivity contribution in [1.29, 1.82) is 0 Å². The summed E-state index contributed by atoms with van der Waals surface area (Å²) in [4.78, 5) is 19.0. The predicted octanol–water partition coefficient (Wildman–Crippen LogP) is 2.47. The van der Waals surface area contributed by atoms with Crippen LogP contribution in [0.25, 0.3) is 0 Å². The number of carbonyl (C=O) groups is 1. The van der Waals surface area contributed by atoms with Gasteiger partial charge in [-0.3, -0.25) is 9.48 Å². The number of aromatic nitrogens is 3. The molecular formula is C19H26ClN5O2. The van der Waals surface area contributed by atoms with E-state index in [9.17, 15) is 4.79 Å². The summed E-state index contributed by atoms with van der Waals surface area (Å²) in [6.07, 6.45) is 7.29. The monoisotopic (exact) mass is 391 g/mol. The van der Waals surface area contributed by atoms with Crippen LogP contribution in [-0.2, 0) is 6.54 Å². The number of rotatable bonds is 8. The highest BCUT2D eigenvalue weighted by Crippen LogP contribution is 2.18. The van der Waals surface area contributed by atoms with Gasteiger partial charge in [-0.1, -0.05) is 11.6 Å². The van der Waals surface area contributed by atoms with Crippen molar-refractivity contribution in [3.63, 3.8) is 0 Å². The first-order valence-corrected chi connectivity index (χ1v) is 9.80. The van der Waals surface area contributed by atoms with Crippen LogP contribution in [0.3, 0.4) is 0 Å². The summed E-state index contributed by atoms with van der Waals surface area (Å²) >= 11 is 5.89. The number of nitrogens with zero attached hydrogens (tertiary/aromatic N) is 4. The molecule has 1 saturated heterocycles. The highest BCUT2D eigenvalue weighted by molar-refractivity contribution is 6.30. The van der Waals surface area contributed by atoms with E-state index < -0.39 is 0 Å². The molecule has 3 heterocycles. The summed E-state index contributed by atoms with van der Waals surface area (Å²) < 4.78 is 7.31. The van der Waals surface area contributed by atoms with Gasteiger partial charge in [-0.05, 0) is 50.9 Å². The molecule has 2 aromatic rings. The fourth-order valence-corrected chi connectivity index (χ4v) is 3.42. The van der Waals surface area contributed by atoms with Gasteiger partial charge in [-0.15, -0.1) is 0 Å². The number of hydrogen-bond donors (Lipinski definition) is 1. The average molecular weight is 392 g/mol. The van der Waals surface area contributed by atoms with Gasteiger partial charge in [0.15, 0.2) is 0 Å². The Kier molecular flexibility index (Phi) is 7.06. The molecule has 0 spiro atoms. The first kappa shape index (κ1) is 19.6. The van der Waals surface area contributed by atoms with Crippen LogP contribution >= 0.6 is 11.6 Å². The van der Waals surface area contributed by atoms with Crippen molar-refractivity contribution in [2.45, 2.75) is 26.3 Å². The molecule has 0 atom stereocenters. The number of hydrogen-bond acceptors (Lipinski definition) is 5. The zero-order valence-electron chi connectivity index (χ0n) is 15.6. The van der Waals surface area contributed by atoms with Crippen LogP contribution in [-0.4, -0.2) is 58.4 Å². The van der Waals surface area contributed by atoms with E-state index in [0.717, 1.165) is 39.0 Å². The average Bonchev–Trinajstić information content (AvgIpc) is 3.11. The minimum absolute atomic E-state index is 0.121. The normalized spacial score (nSPS) is 15.6. The molecule has 146 valence electrons. The van der Waals surface area contributed by atoms with Crippen LogP contribution in [0.5, 0.6) is 5.88 Å². The predicted molar refractivity (Wildman–Crippen MR) is 104 cm³/mol. The molecule has 0 bridgehead atoms. The Hall–Kier alpha value is -2.12. The molecule has 0 aliphatic carbocycles. The smallest absolute Gasteiger partial charge is 0.256 e. The standard InChI is InChI=1S/C19H26ClN5O2/c1-2-27-19-17(4-3-7-21-19)18(26)22-12-15-5-8-24(9-6-15)10-11-25-14-16(20)13-23-25/h3-4,7,13-15H,2,5-6,8-12H2,1H3,(H,22,26). The largest absolute Gasteiger partial charge is 0.477 e. The van der Waals surface area contributed by atoms with Crippen molar-refractivity contribution >= 4 is 17.5 Å². The van der Waals surface area contributed by atoms with Gasteiger partial charge in [-0.25, -0.2) is 4.98 Å². The maximum atomic E-state index is 12.4. The molecule has 8 heteroatoms. The molecule has 1 aliphatic rings. The van der Waals surface area contributed by atoms with Crippen LogP contribution in [0.1, 0.15) is 30.1 Å². The van der Waals surface area contributed by atoms with E-state index in [-0.39, 0.29) is 5.91 Å². The number of pyridine rings is 1. The lowest BCUT2D eigenvalue weighted by Gasteiger charge is -2.31. The first-order valence-electron chi connectivity index (χ1n) is 9.42. The molecule has 1 fully saturated rings. The molecule has 1 N–H and O–H groups in total. The molecular weight excluding hydrogens is 366 g/mol. The Balaban J connectivity index is 1.40. The lowest BCUT2D eigenvalue weighted by atomic mass is 9.96. The van der Waals surface area contributed by atoms with Gasteiger partial charge in [0.05, 0.1) is 24.4 Å². The number of carbonyl (C=O) groups excluding carboxylic acids is 1. The summed E-state index contributed by atoms with van der Waals surface area (Å²) in [5.41, 5.74) is 0.495.